The summed E-state index contributed by atoms with van der Waals surface area (Å²) in [4.78, 5) is 0. The van der Waals surface area contributed by atoms with Crippen LogP contribution in [-0.2, 0) is 5.60 Å². The van der Waals surface area contributed by atoms with Crippen LogP contribution in [0.3, 0.4) is 0 Å². The van der Waals surface area contributed by atoms with E-state index in [1.54, 1.807) is 12.1 Å². The minimum absolute atomic E-state index is 0.627. The lowest BCUT2D eigenvalue weighted by molar-refractivity contribution is 0.0915. The van der Waals surface area contributed by atoms with Crippen molar-refractivity contribution < 1.29 is 5.11 Å². The summed E-state index contributed by atoms with van der Waals surface area (Å²) in [6.45, 7) is 1.84. The van der Waals surface area contributed by atoms with Gasteiger partial charge in [0.15, 0.2) is 0 Å². The number of allylic oxidation sites excluding steroid dienone is 1. The highest BCUT2D eigenvalue weighted by atomic mass is 16.3. The number of benzene rings is 1. The molecule has 2 rings (SSSR count). The molecule has 0 bridgehead atoms. The Morgan fingerprint density at radius 1 is 1.24 bits per heavy atom. The molecule has 0 aromatic heterocycles. The maximum absolute atomic E-state index is 10.6. The summed E-state index contributed by atoms with van der Waals surface area (Å²) in [6.07, 6.45) is 6.54. The van der Waals surface area contributed by atoms with E-state index in [4.69, 9.17) is 5.26 Å². The molecule has 0 saturated carbocycles. The van der Waals surface area contributed by atoms with Crippen molar-refractivity contribution in [2.75, 3.05) is 0 Å². The summed E-state index contributed by atoms with van der Waals surface area (Å²) in [5.41, 5.74) is 1.70. The molecule has 88 valence electrons. The molecule has 2 nitrogen and oxygen atoms in total. The standard InChI is InChI=1S/C15H17NO/c1-15(17,13-5-3-2-4-6-13)14-9-7-12(11-16)8-10-14/h5,7-10,17H,2-4,6H2,1H3. The van der Waals surface area contributed by atoms with Gasteiger partial charge in [-0.1, -0.05) is 18.2 Å². The van der Waals surface area contributed by atoms with Crippen LogP contribution in [0.5, 0.6) is 0 Å². The lowest BCUT2D eigenvalue weighted by Crippen LogP contribution is -2.25. The monoisotopic (exact) mass is 227 g/mol. The predicted molar refractivity (Wildman–Crippen MR) is 67.3 cm³/mol. The molecule has 0 radical (unpaired) electrons. The molecule has 1 atom stereocenters. The van der Waals surface area contributed by atoms with Crippen LogP contribution in [0.25, 0.3) is 0 Å². The van der Waals surface area contributed by atoms with Crippen LogP contribution in [0.15, 0.2) is 35.9 Å². The first kappa shape index (κ1) is 11.9. The van der Waals surface area contributed by atoms with E-state index in [-0.39, 0.29) is 0 Å². The normalized spacial score (nSPS) is 19.0. The third kappa shape index (κ3) is 2.40. The van der Waals surface area contributed by atoms with Gasteiger partial charge in [0.2, 0.25) is 0 Å². The molecule has 0 heterocycles. The Kier molecular flexibility index (Phi) is 3.31. The van der Waals surface area contributed by atoms with Gasteiger partial charge in [-0.25, -0.2) is 0 Å². The van der Waals surface area contributed by atoms with Crippen molar-refractivity contribution in [3.05, 3.63) is 47.0 Å². The SMILES string of the molecule is CC(O)(C1=CCCCC1)c1ccc(C#N)cc1. The second-order valence-corrected chi connectivity index (χ2v) is 4.74. The lowest BCUT2D eigenvalue weighted by atomic mass is 9.82. The molecule has 1 aliphatic carbocycles. The Labute approximate surface area is 102 Å². The van der Waals surface area contributed by atoms with Crippen LogP contribution >= 0.6 is 0 Å². The second kappa shape index (κ2) is 4.73. The van der Waals surface area contributed by atoms with Crippen LogP contribution in [0.1, 0.15) is 43.7 Å². The van der Waals surface area contributed by atoms with Gasteiger partial charge >= 0.3 is 0 Å². The highest BCUT2D eigenvalue weighted by Crippen LogP contribution is 2.35. The van der Waals surface area contributed by atoms with Gasteiger partial charge in [-0.05, 0) is 55.9 Å². The average Bonchev–Trinajstić information content (AvgIpc) is 2.40. The number of aliphatic hydroxyl groups is 1. The van der Waals surface area contributed by atoms with Crippen molar-refractivity contribution in [2.45, 2.75) is 38.2 Å². The summed E-state index contributed by atoms with van der Waals surface area (Å²) in [7, 11) is 0. The van der Waals surface area contributed by atoms with E-state index in [0.717, 1.165) is 30.4 Å². The van der Waals surface area contributed by atoms with Gasteiger partial charge in [0.1, 0.15) is 5.60 Å². The van der Waals surface area contributed by atoms with Crippen molar-refractivity contribution in [2.24, 2.45) is 0 Å². The molecule has 1 aromatic rings. The van der Waals surface area contributed by atoms with E-state index >= 15 is 0 Å². The molecule has 0 spiro atoms. The molecule has 1 N–H and O–H groups in total. The number of hydrogen-bond acceptors (Lipinski definition) is 2. The van der Waals surface area contributed by atoms with Crippen LogP contribution in [-0.4, -0.2) is 5.11 Å². The molecule has 17 heavy (non-hydrogen) atoms. The molecular formula is C15H17NO. The van der Waals surface area contributed by atoms with Crippen molar-refractivity contribution in [1.29, 1.82) is 5.26 Å². The van der Waals surface area contributed by atoms with Gasteiger partial charge in [-0.3, -0.25) is 0 Å². The number of hydrogen-bond donors (Lipinski definition) is 1. The van der Waals surface area contributed by atoms with Crippen LogP contribution < -0.4 is 0 Å². The number of nitrogens with zero attached hydrogens (tertiary/aromatic N) is 1. The first-order valence-electron chi connectivity index (χ1n) is 6.07. The summed E-state index contributed by atoms with van der Waals surface area (Å²) in [5.74, 6) is 0. The van der Waals surface area contributed by atoms with E-state index in [2.05, 4.69) is 12.1 Å². The molecule has 0 saturated heterocycles. The molecule has 0 aliphatic heterocycles. The Balaban J connectivity index is 2.30. The third-order valence-electron chi connectivity index (χ3n) is 3.49. The van der Waals surface area contributed by atoms with Crippen LogP contribution in [0, 0.1) is 11.3 Å². The quantitative estimate of drug-likeness (QED) is 0.788. The van der Waals surface area contributed by atoms with Crippen LogP contribution in [0.2, 0.25) is 0 Å². The highest BCUT2D eigenvalue weighted by Gasteiger charge is 2.28. The van der Waals surface area contributed by atoms with Gasteiger partial charge in [-0.15, -0.1) is 0 Å². The predicted octanol–water partition coefficient (Wildman–Crippen LogP) is 3.27. The molecule has 2 heteroatoms. The van der Waals surface area contributed by atoms with Gasteiger partial charge in [0, 0.05) is 0 Å². The summed E-state index contributed by atoms with van der Waals surface area (Å²) in [5, 5.41) is 19.4. The zero-order valence-electron chi connectivity index (χ0n) is 10.1. The average molecular weight is 227 g/mol. The zero-order valence-corrected chi connectivity index (χ0v) is 10.1. The Bertz CT molecular complexity index is 463. The van der Waals surface area contributed by atoms with Gasteiger partial charge in [0.25, 0.3) is 0 Å². The molecular weight excluding hydrogens is 210 g/mol. The fourth-order valence-electron chi connectivity index (χ4n) is 2.33. The molecule has 1 aromatic carbocycles. The summed E-state index contributed by atoms with van der Waals surface area (Å²) >= 11 is 0. The van der Waals surface area contributed by atoms with Crippen molar-refractivity contribution >= 4 is 0 Å². The number of nitriles is 1. The summed E-state index contributed by atoms with van der Waals surface area (Å²) < 4.78 is 0. The molecule has 1 aliphatic rings. The van der Waals surface area contributed by atoms with E-state index in [0.29, 0.717) is 5.56 Å². The Hall–Kier alpha value is -1.59. The Morgan fingerprint density at radius 3 is 2.47 bits per heavy atom. The van der Waals surface area contributed by atoms with E-state index in [9.17, 15) is 5.11 Å². The highest BCUT2D eigenvalue weighted by molar-refractivity contribution is 5.38. The van der Waals surface area contributed by atoms with Crippen LogP contribution in [0.4, 0.5) is 0 Å². The van der Waals surface area contributed by atoms with Gasteiger partial charge < -0.3 is 5.11 Å². The smallest absolute Gasteiger partial charge is 0.108 e. The topological polar surface area (TPSA) is 44.0 Å². The fraction of sp³-hybridized carbons (Fsp3) is 0.400. The van der Waals surface area contributed by atoms with E-state index < -0.39 is 5.60 Å². The summed E-state index contributed by atoms with van der Waals surface area (Å²) in [6, 6.07) is 9.29. The first-order valence-corrected chi connectivity index (χ1v) is 6.07. The van der Waals surface area contributed by atoms with E-state index in [1.807, 2.05) is 19.1 Å². The minimum atomic E-state index is -0.894. The van der Waals surface area contributed by atoms with Crippen molar-refractivity contribution in [3.8, 4) is 6.07 Å². The Morgan fingerprint density at radius 2 is 1.94 bits per heavy atom. The third-order valence-corrected chi connectivity index (χ3v) is 3.49. The lowest BCUT2D eigenvalue weighted by Gasteiger charge is -2.29. The van der Waals surface area contributed by atoms with Crippen molar-refractivity contribution in [1.82, 2.24) is 0 Å². The van der Waals surface area contributed by atoms with E-state index in [1.165, 1.54) is 6.42 Å². The van der Waals surface area contributed by atoms with Gasteiger partial charge in [-0.2, -0.15) is 5.26 Å². The van der Waals surface area contributed by atoms with Gasteiger partial charge in [0.05, 0.1) is 11.6 Å². The molecule has 0 fully saturated rings. The molecule has 1 unspecified atom stereocenters. The second-order valence-electron chi connectivity index (χ2n) is 4.74. The minimum Gasteiger partial charge on any atom is -0.381 e. The molecule has 0 amide bonds. The maximum Gasteiger partial charge on any atom is 0.108 e. The maximum atomic E-state index is 10.6. The van der Waals surface area contributed by atoms with Crippen molar-refractivity contribution in [3.63, 3.8) is 0 Å². The first-order chi connectivity index (χ1) is 8.14. The zero-order chi connectivity index (χ0) is 12.3. The fourth-order valence-corrected chi connectivity index (χ4v) is 2.33. The largest absolute Gasteiger partial charge is 0.381 e. The number of rotatable bonds is 2.